The molecule has 0 saturated heterocycles. The maximum Gasteiger partial charge on any atom is 0.327 e. The zero-order chi connectivity index (χ0) is 16.5. The van der Waals surface area contributed by atoms with Crippen molar-refractivity contribution in [2.45, 2.75) is 46.0 Å². The summed E-state index contributed by atoms with van der Waals surface area (Å²) < 4.78 is 9.64. The Morgan fingerprint density at radius 2 is 1.62 bits per heavy atom. The summed E-state index contributed by atoms with van der Waals surface area (Å²) in [6, 6.07) is 0. The monoisotopic (exact) mass is 362 g/mol. The molecule has 0 fully saturated rings. The van der Waals surface area contributed by atoms with Crippen molar-refractivity contribution < 1.29 is 23.9 Å². The Kier molecular flexibility index (Phi) is 9.17. The lowest BCUT2D eigenvalue weighted by Gasteiger charge is -2.30. The molecule has 0 aromatic rings. The summed E-state index contributed by atoms with van der Waals surface area (Å²) in [7, 11) is 2.44. The van der Waals surface area contributed by atoms with E-state index >= 15 is 0 Å². The van der Waals surface area contributed by atoms with Gasteiger partial charge < -0.3 is 14.3 Å². The molecule has 0 amide bonds. The minimum absolute atomic E-state index is 0.0445. The number of unbranched alkanes of at least 4 members (excludes halogenated alkanes) is 1. The number of carbonyl (C=O) groups excluding carboxylic acids is 3. The SMILES string of the molecule is CCCC/C(=C\Br)C(CCC(C)=O)(C(=O)OC)C(=O)OC. The first kappa shape index (κ1) is 19.8. The van der Waals surface area contributed by atoms with Crippen LogP contribution in [0.2, 0.25) is 0 Å². The van der Waals surface area contributed by atoms with E-state index in [0.717, 1.165) is 12.8 Å². The third-order valence-corrected chi connectivity index (χ3v) is 3.95. The molecule has 0 aliphatic heterocycles. The number of carbonyl (C=O) groups is 3. The molecule has 0 aliphatic rings. The largest absolute Gasteiger partial charge is 0.468 e. The normalized spacial score (nSPS) is 12.0. The first-order chi connectivity index (χ1) is 9.90. The predicted octanol–water partition coefficient (Wildman–Crippen LogP) is 3.16. The lowest BCUT2D eigenvalue weighted by atomic mass is 9.74. The van der Waals surface area contributed by atoms with Crippen molar-refractivity contribution in [2.75, 3.05) is 14.2 Å². The number of halogens is 1. The Hall–Kier alpha value is -1.17. The van der Waals surface area contributed by atoms with Crippen molar-refractivity contribution >= 4 is 33.7 Å². The fourth-order valence-corrected chi connectivity index (χ4v) is 2.77. The van der Waals surface area contributed by atoms with Crippen LogP contribution in [0.1, 0.15) is 46.0 Å². The maximum absolute atomic E-state index is 12.3. The number of rotatable bonds is 9. The quantitative estimate of drug-likeness (QED) is 0.465. The molecule has 5 nitrogen and oxygen atoms in total. The van der Waals surface area contributed by atoms with Gasteiger partial charge in [-0.05, 0) is 36.7 Å². The third kappa shape index (κ3) is 4.95. The van der Waals surface area contributed by atoms with Crippen LogP contribution in [0.5, 0.6) is 0 Å². The fourth-order valence-electron chi connectivity index (χ4n) is 2.15. The topological polar surface area (TPSA) is 69.7 Å². The molecule has 0 aromatic carbocycles. The summed E-state index contributed by atoms with van der Waals surface area (Å²) in [4.78, 5) is 37.5. The van der Waals surface area contributed by atoms with Gasteiger partial charge in [0.05, 0.1) is 14.2 Å². The Morgan fingerprint density at radius 3 is 1.95 bits per heavy atom. The van der Waals surface area contributed by atoms with E-state index in [4.69, 9.17) is 9.47 Å². The second kappa shape index (κ2) is 9.71. The highest BCUT2D eigenvalue weighted by molar-refractivity contribution is 9.11. The molecule has 0 spiro atoms. The van der Waals surface area contributed by atoms with Crippen molar-refractivity contribution in [3.05, 3.63) is 10.6 Å². The fraction of sp³-hybridized carbons (Fsp3) is 0.667. The highest BCUT2D eigenvalue weighted by Crippen LogP contribution is 2.39. The minimum atomic E-state index is -1.56. The van der Waals surface area contributed by atoms with E-state index in [-0.39, 0.29) is 18.6 Å². The van der Waals surface area contributed by atoms with Gasteiger partial charge in [0.1, 0.15) is 5.78 Å². The zero-order valence-corrected chi connectivity index (χ0v) is 14.6. The summed E-state index contributed by atoms with van der Waals surface area (Å²) in [5, 5.41) is 0. The average molecular weight is 363 g/mol. The zero-order valence-electron chi connectivity index (χ0n) is 13.0. The molecule has 0 N–H and O–H groups in total. The molecule has 21 heavy (non-hydrogen) atoms. The molecule has 0 atom stereocenters. The van der Waals surface area contributed by atoms with E-state index in [1.54, 1.807) is 4.99 Å². The second-order valence-corrected chi connectivity index (χ2v) is 5.29. The number of methoxy groups -OCH3 is 2. The number of ketones is 1. The number of esters is 2. The van der Waals surface area contributed by atoms with Crippen molar-refractivity contribution in [2.24, 2.45) is 5.41 Å². The lowest BCUT2D eigenvalue weighted by Crippen LogP contribution is -2.43. The predicted molar refractivity (Wildman–Crippen MR) is 82.9 cm³/mol. The van der Waals surface area contributed by atoms with Gasteiger partial charge in [0, 0.05) is 6.42 Å². The molecular weight excluding hydrogens is 340 g/mol. The molecule has 0 heterocycles. The van der Waals surface area contributed by atoms with Crippen molar-refractivity contribution in [1.82, 2.24) is 0 Å². The molecule has 0 unspecified atom stereocenters. The Labute approximate surface area is 134 Å². The summed E-state index contributed by atoms with van der Waals surface area (Å²) in [6.45, 7) is 3.43. The van der Waals surface area contributed by atoms with E-state index in [9.17, 15) is 14.4 Å². The van der Waals surface area contributed by atoms with Crippen LogP contribution in [0.3, 0.4) is 0 Å². The van der Waals surface area contributed by atoms with E-state index in [1.807, 2.05) is 6.92 Å². The summed E-state index contributed by atoms with van der Waals surface area (Å²) in [5.41, 5.74) is -0.988. The molecule has 0 aliphatic carbocycles. The minimum Gasteiger partial charge on any atom is -0.468 e. The first-order valence-corrected chi connectivity index (χ1v) is 7.78. The molecule has 0 aromatic heterocycles. The Balaban J connectivity index is 5.79. The highest BCUT2D eigenvalue weighted by Gasteiger charge is 2.50. The Morgan fingerprint density at radius 1 is 1.10 bits per heavy atom. The van der Waals surface area contributed by atoms with Gasteiger partial charge >= 0.3 is 11.9 Å². The molecule has 0 radical (unpaired) electrons. The maximum atomic E-state index is 12.3. The van der Waals surface area contributed by atoms with Crippen LogP contribution in [0.25, 0.3) is 0 Å². The second-order valence-electron chi connectivity index (χ2n) is 4.83. The summed E-state index contributed by atoms with van der Waals surface area (Å²) >= 11 is 3.22. The van der Waals surface area contributed by atoms with E-state index < -0.39 is 17.4 Å². The van der Waals surface area contributed by atoms with Gasteiger partial charge in [-0.3, -0.25) is 9.59 Å². The van der Waals surface area contributed by atoms with E-state index in [1.165, 1.54) is 21.1 Å². The van der Waals surface area contributed by atoms with Crippen molar-refractivity contribution in [3.8, 4) is 0 Å². The van der Waals surface area contributed by atoms with Crippen LogP contribution in [0.15, 0.2) is 10.6 Å². The van der Waals surface area contributed by atoms with Crippen LogP contribution >= 0.6 is 15.9 Å². The van der Waals surface area contributed by atoms with Gasteiger partial charge in [-0.25, -0.2) is 0 Å². The average Bonchev–Trinajstić information content (AvgIpc) is 2.48. The van der Waals surface area contributed by atoms with Gasteiger partial charge in [0.25, 0.3) is 0 Å². The number of Topliss-reactive ketones (excluding diaryl/α,β-unsaturated/α-hetero) is 1. The molecule has 0 rings (SSSR count). The van der Waals surface area contributed by atoms with Crippen LogP contribution < -0.4 is 0 Å². The number of hydrogen-bond acceptors (Lipinski definition) is 5. The van der Waals surface area contributed by atoms with Crippen LogP contribution in [-0.2, 0) is 23.9 Å². The van der Waals surface area contributed by atoms with Gasteiger partial charge in [0.15, 0.2) is 5.41 Å². The summed E-state index contributed by atoms with van der Waals surface area (Å²) in [5.74, 6) is -1.49. The van der Waals surface area contributed by atoms with Gasteiger partial charge in [0.2, 0.25) is 0 Å². The summed E-state index contributed by atoms with van der Waals surface area (Å²) in [6.07, 6.45) is 2.41. The molecule has 0 bridgehead atoms. The third-order valence-electron chi connectivity index (χ3n) is 3.40. The van der Waals surface area contributed by atoms with Crippen molar-refractivity contribution in [3.63, 3.8) is 0 Å². The molecular formula is C15H23BrO5. The first-order valence-electron chi connectivity index (χ1n) is 6.86. The van der Waals surface area contributed by atoms with Crippen LogP contribution in [-0.4, -0.2) is 31.9 Å². The highest BCUT2D eigenvalue weighted by atomic mass is 79.9. The number of ether oxygens (including phenoxy) is 2. The number of hydrogen-bond donors (Lipinski definition) is 0. The smallest absolute Gasteiger partial charge is 0.327 e. The Bertz CT molecular complexity index is 398. The standard InChI is InChI=1S/C15H23BrO5/c1-5-6-7-12(10-16)15(13(18)20-3,14(19)21-4)9-8-11(2)17/h10H,5-9H2,1-4H3/b12-10+. The van der Waals surface area contributed by atoms with Crippen molar-refractivity contribution in [1.29, 1.82) is 0 Å². The van der Waals surface area contributed by atoms with Crippen LogP contribution in [0.4, 0.5) is 0 Å². The van der Waals surface area contributed by atoms with Gasteiger partial charge in [-0.1, -0.05) is 29.3 Å². The van der Waals surface area contributed by atoms with Gasteiger partial charge in [-0.2, -0.15) is 0 Å². The molecule has 0 saturated carbocycles. The van der Waals surface area contributed by atoms with Gasteiger partial charge in [-0.15, -0.1) is 0 Å². The van der Waals surface area contributed by atoms with E-state index in [0.29, 0.717) is 12.0 Å². The molecule has 6 heteroatoms. The molecule has 120 valence electrons. The lowest BCUT2D eigenvalue weighted by molar-refractivity contribution is -0.166. The van der Waals surface area contributed by atoms with Crippen LogP contribution in [0, 0.1) is 5.41 Å². The van der Waals surface area contributed by atoms with E-state index in [2.05, 4.69) is 15.9 Å².